The van der Waals surface area contributed by atoms with Gasteiger partial charge in [-0.25, -0.2) is 5.84 Å². The Kier molecular flexibility index (Phi) is 5.35. The number of amides is 1. The van der Waals surface area contributed by atoms with Crippen molar-refractivity contribution in [1.29, 1.82) is 0 Å². The van der Waals surface area contributed by atoms with E-state index < -0.39 is 0 Å². The lowest BCUT2D eigenvalue weighted by molar-refractivity contribution is -0.123. The molecule has 1 heterocycles. The van der Waals surface area contributed by atoms with Crippen molar-refractivity contribution in [2.45, 2.75) is 77.8 Å². The molecule has 0 spiro atoms. The van der Waals surface area contributed by atoms with Crippen LogP contribution in [0.15, 0.2) is 18.2 Å². The molecule has 3 N–H and O–H groups in total. The lowest BCUT2D eigenvalue weighted by Crippen LogP contribution is -2.59. The molecule has 4 nitrogen and oxygen atoms in total. The van der Waals surface area contributed by atoms with Crippen molar-refractivity contribution >= 4 is 11.6 Å². The Morgan fingerprint density at radius 1 is 1.48 bits per heavy atom. The highest BCUT2D eigenvalue weighted by Crippen LogP contribution is 2.45. The molecule has 0 bridgehead atoms. The highest BCUT2D eigenvalue weighted by atomic mass is 16.2. The number of carbonyl (C=O) groups is 1. The van der Waals surface area contributed by atoms with E-state index in [-0.39, 0.29) is 17.5 Å². The van der Waals surface area contributed by atoms with Gasteiger partial charge in [0.1, 0.15) is 6.04 Å². The van der Waals surface area contributed by atoms with E-state index in [9.17, 15) is 4.79 Å². The molecule has 1 aromatic rings. The number of nitrogens with zero attached hydrogens (tertiary/aromatic N) is 1. The number of hydrogen-bond acceptors (Lipinski definition) is 3. The van der Waals surface area contributed by atoms with Crippen LogP contribution in [-0.2, 0) is 4.79 Å². The zero-order chi connectivity index (χ0) is 17.2. The average molecular weight is 317 g/mol. The van der Waals surface area contributed by atoms with Crippen LogP contribution in [0.3, 0.4) is 0 Å². The summed E-state index contributed by atoms with van der Waals surface area (Å²) in [6.45, 7) is 11.0. The molecule has 0 aliphatic carbocycles. The zero-order valence-electron chi connectivity index (χ0n) is 15.1. The first kappa shape index (κ1) is 17.8. The van der Waals surface area contributed by atoms with Crippen molar-refractivity contribution in [3.63, 3.8) is 0 Å². The quantitative estimate of drug-likeness (QED) is 0.495. The SMILES string of the molecule is CCCC[C@@H](C(=O)NN)N1c2ccc(C)cc2[C@@H](C)CC1(C)C. The molecule has 4 heteroatoms. The summed E-state index contributed by atoms with van der Waals surface area (Å²) in [6.07, 6.45) is 3.94. The van der Waals surface area contributed by atoms with Crippen LogP contribution in [0.4, 0.5) is 5.69 Å². The Labute approximate surface area is 140 Å². The number of aryl methyl sites for hydroxylation is 1. The second kappa shape index (κ2) is 6.91. The van der Waals surface area contributed by atoms with Crippen LogP contribution in [0.25, 0.3) is 0 Å². The van der Waals surface area contributed by atoms with Gasteiger partial charge in [-0.2, -0.15) is 0 Å². The standard InChI is InChI=1S/C19H31N3O/c1-6-7-8-17(18(23)21-20)22-16-10-9-13(2)11-15(16)14(3)12-19(22,4)5/h9-11,14,17H,6-8,12,20H2,1-5H3,(H,21,23)/t14-,17-/m0/s1. The predicted octanol–water partition coefficient (Wildman–Crippen LogP) is 3.64. The van der Waals surface area contributed by atoms with Crippen molar-refractivity contribution in [1.82, 2.24) is 5.43 Å². The van der Waals surface area contributed by atoms with Crippen molar-refractivity contribution in [2.24, 2.45) is 5.84 Å². The summed E-state index contributed by atoms with van der Waals surface area (Å²) in [7, 11) is 0. The smallest absolute Gasteiger partial charge is 0.256 e. The van der Waals surface area contributed by atoms with Gasteiger partial charge in [0.2, 0.25) is 0 Å². The summed E-state index contributed by atoms with van der Waals surface area (Å²) in [5, 5.41) is 0. The van der Waals surface area contributed by atoms with Crippen molar-refractivity contribution < 1.29 is 4.79 Å². The normalized spacial score (nSPS) is 20.8. The average Bonchev–Trinajstić information content (AvgIpc) is 2.49. The van der Waals surface area contributed by atoms with Gasteiger partial charge in [0, 0.05) is 11.2 Å². The molecule has 1 aromatic carbocycles. The van der Waals surface area contributed by atoms with Crippen LogP contribution in [0, 0.1) is 6.92 Å². The maximum Gasteiger partial charge on any atom is 0.256 e. The number of carbonyl (C=O) groups excluding carboxylic acids is 1. The molecule has 2 rings (SSSR count). The van der Waals surface area contributed by atoms with Crippen LogP contribution in [0.5, 0.6) is 0 Å². The molecule has 0 fully saturated rings. The van der Waals surface area contributed by atoms with Crippen LogP contribution < -0.4 is 16.2 Å². The molecule has 1 amide bonds. The van der Waals surface area contributed by atoms with Crippen molar-refractivity contribution in [3.8, 4) is 0 Å². The minimum atomic E-state index is -0.219. The molecule has 2 atom stereocenters. The van der Waals surface area contributed by atoms with Crippen molar-refractivity contribution in [3.05, 3.63) is 29.3 Å². The van der Waals surface area contributed by atoms with E-state index in [2.05, 4.69) is 63.1 Å². The minimum absolute atomic E-state index is 0.0768. The first-order valence-electron chi connectivity index (χ1n) is 8.72. The van der Waals surface area contributed by atoms with E-state index in [0.717, 1.165) is 25.7 Å². The molecule has 0 unspecified atom stereocenters. The number of hydrazine groups is 1. The fraction of sp³-hybridized carbons (Fsp3) is 0.632. The molecule has 23 heavy (non-hydrogen) atoms. The summed E-state index contributed by atoms with van der Waals surface area (Å²) < 4.78 is 0. The van der Waals surface area contributed by atoms with E-state index in [4.69, 9.17) is 5.84 Å². The van der Waals surface area contributed by atoms with Gasteiger partial charge in [-0.1, -0.05) is 44.4 Å². The van der Waals surface area contributed by atoms with Gasteiger partial charge >= 0.3 is 0 Å². The summed E-state index contributed by atoms with van der Waals surface area (Å²) >= 11 is 0. The number of rotatable bonds is 5. The largest absolute Gasteiger partial charge is 0.354 e. The number of benzene rings is 1. The predicted molar refractivity (Wildman–Crippen MR) is 96.4 cm³/mol. The Bertz CT molecular complexity index is 568. The maximum atomic E-state index is 12.5. The lowest BCUT2D eigenvalue weighted by atomic mass is 9.78. The Morgan fingerprint density at radius 2 is 2.17 bits per heavy atom. The lowest BCUT2D eigenvalue weighted by Gasteiger charge is -2.50. The number of nitrogens with two attached hydrogens (primary N) is 1. The van der Waals surface area contributed by atoms with E-state index in [1.165, 1.54) is 16.8 Å². The van der Waals surface area contributed by atoms with Gasteiger partial charge in [-0.3, -0.25) is 10.2 Å². The first-order chi connectivity index (χ1) is 10.8. The van der Waals surface area contributed by atoms with E-state index in [0.29, 0.717) is 5.92 Å². The Hall–Kier alpha value is -1.55. The molecule has 0 saturated carbocycles. The fourth-order valence-corrected chi connectivity index (χ4v) is 4.03. The summed E-state index contributed by atoms with van der Waals surface area (Å²) in [6, 6.07) is 6.35. The third kappa shape index (κ3) is 3.52. The molecule has 1 aliphatic rings. The fourth-order valence-electron chi connectivity index (χ4n) is 4.03. The van der Waals surface area contributed by atoms with Gasteiger partial charge < -0.3 is 4.90 Å². The van der Waals surface area contributed by atoms with Gasteiger partial charge in [0.25, 0.3) is 5.91 Å². The highest BCUT2D eigenvalue weighted by molar-refractivity contribution is 5.86. The Morgan fingerprint density at radius 3 is 2.78 bits per heavy atom. The number of fused-ring (bicyclic) bond motifs is 1. The summed E-state index contributed by atoms with van der Waals surface area (Å²) in [5.74, 6) is 5.88. The molecular formula is C19H31N3O. The van der Waals surface area contributed by atoms with Crippen LogP contribution in [0.2, 0.25) is 0 Å². The van der Waals surface area contributed by atoms with E-state index >= 15 is 0 Å². The minimum Gasteiger partial charge on any atom is -0.354 e. The number of unbranched alkanes of at least 4 members (excludes halogenated alkanes) is 1. The second-order valence-corrected chi connectivity index (χ2v) is 7.52. The number of nitrogens with one attached hydrogen (secondary N) is 1. The van der Waals surface area contributed by atoms with E-state index in [1.807, 2.05) is 0 Å². The van der Waals surface area contributed by atoms with Crippen LogP contribution in [-0.4, -0.2) is 17.5 Å². The third-order valence-corrected chi connectivity index (χ3v) is 5.02. The van der Waals surface area contributed by atoms with Crippen molar-refractivity contribution in [2.75, 3.05) is 4.90 Å². The first-order valence-corrected chi connectivity index (χ1v) is 8.72. The third-order valence-electron chi connectivity index (χ3n) is 5.02. The monoisotopic (exact) mass is 317 g/mol. The van der Waals surface area contributed by atoms with Gasteiger partial charge in [0.05, 0.1) is 0 Å². The van der Waals surface area contributed by atoms with Crippen LogP contribution >= 0.6 is 0 Å². The topological polar surface area (TPSA) is 58.4 Å². The van der Waals surface area contributed by atoms with E-state index in [1.54, 1.807) is 0 Å². The van der Waals surface area contributed by atoms with Gasteiger partial charge in [-0.15, -0.1) is 0 Å². The molecule has 0 radical (unpaired) electrons. The van der Waals surface area contributed by atoms with Crippen LogP contribution in [0.1, 0.15) is 70.4 Å². The molecule has 128 valence electrons. The Balaban J connectivity index is 2.52. The molecule has 1 aliphatic heterocycles. The molecular weight excluding hydrogens is 286 g/mol. The van der Waals surface area contributed by atoms with Gasteiger partial charge in [0.15, 0.2) is 0 Å². The molecule has 0 aromatic heterocycles. The number of anilines is 1. The summed E-state index contributed by atoms with van der Waals surface area (Å²) in [4.78, 5) is 14.8. The number of hydrogen-bond donors (Lipinski definition) is 2. The second-order valence-electron chi connectivity index (χ2n) is 7.52. The van der Waals surface area contributed by atoms with Gasteiger partial charge in [-0.05, 0) is 51.2 Å². The highest BCUT2D eigenvalue weighted by Gasteiger charge is 2.41. The maximum absolute atomic E-state index is 12.5. The zero-order valence-corrected chi connectivity index (χ0v) is 15.1. The summed E-state index contributed by atoms with van der Waals surface area (Å²) in [5.41, 5.74) is 6.10. The molecule has 0 saturated heterocycles.